The van der Waals surface area contributed by atoms with Crippen LogP contribution in [0.3, 0.4) is 0 Å². The van der Waals surface area contributed by atoms with E-state index in [1.807, 2.05) is 6.92 Å². The lowest BCUT2D eigenvalue weighted by atomic mass is 10.1. The van der Waals surface area contributed by atoms with E-state index in [4.69, 9.17) is 8.85 Å². The summed E-state index contributed by atoms with van der Waals surface area (Å²) in [7, 11) is -3.37. The highest BCUT2D eigenvalue weighted by Crippen LogP contribution is 2.38. The monoisotopic (exact) mass is 356 g/mol. The first kappa shape index (κ1) is 22.9. The summed E-state index contributed by atoms with van der Waals surface area (Å²) in [5.41, 5.74) is 0. The highest BCUT2D eigenvalue weighted by atomic mass is 28.4. The lowest BCUT2D eigenvalue weighted by molar-refractivity contribution is 0.214. The molecular formula is C19H40O2Si2. The Labute approximate surface area is 148 Å². The van der Waals surface area contributed by atoms with Gasteiger partial charge in [-0.05, 0) is 49.6 Å². The van der Waals surface area contributed by atoms with Crippen molar-refractivity contribution in [3.63, 3.8) is 0 Å². The van der Waals surface area contributed by atoms with Crippen molar-refractivity contribution < 1.29 is 8.85 Å². The maximum atomic E-state index is 6.35. The lowest BCUT2D eigenvalue weighted by Gasteiger charge is -2.37. The molecule has 0 amide bonds. The Kier molecular flexibility index (Phi) is 8.30. The normalized spacial score (nSPS) is 15.1. The van der Waals surface area contributed by atoms with Crippen LogP contribution >= 0.6 is 0 Å². The van der Waals surface area contributed by atoms with Gasteiger partial charge in [0.15, 0.2) is 16.6 Å². The van der Waals surface area contributed by atoms with E-state index in [1.165, 1.54) is 0 Å². The predicted octanol–water partition coefficient (Wildman–Crippen LogP) is 6.06. The van der Waals surface area contributed by atoms with Crippen LogP contribution in [0.1, 0.15) is 54.9 Å². The van der Waals surface area contributed by atoms with Crippen LogP contribution in [0.2, 0.25) is 36.3 Å². The molecule has 0 spiro atoms. The van der Waals surface area contributed by atoms with Crippen molar-refractivity contribution in [1.82, 2.24) is 0 Å². The molecule has 0 saturated carbocycles. The van der Waals surface area contributed by atoms with Gasteiger partial charge in [-0.3, -0.25) is 0 Å². The zero-order chi connectivity index (χ0) is 18.5. The second kappa shape index (κ2) is 8.33. The summed E-state index contributed by atoms with van der Waals surface area (Å²) < 4.78 is 12.6. The third kappa shape index (κ3) is 7.56. The van der Waals surface area contributed by atoms with Gasteiger partial charge in [0.1, 0.15) is 0 Å². The van der Waals surface area contributed by atoms with Crippen LogP contribution in [-0.4, -0.2) is 29.8 Å². The van der Waals surface area contributed by atoms with E-state index < -0.39 is 16.6 Å². The first-order chi connectivity index (χ1) is 10.1. The van der Waals surface area contributed by atoms with Crippen LogP contribution in [0.5, 0.6) is 0 Å². The first-order valence-corrected chi connectivity index (χ1v) is 14.7. The summed E-state index contributed by atoms with van der Waals surface area (Å²) in [6, 6.07) is 0. The minimum absolute atomic E-state index is 0.245. The fourth-order valence-corrected chi connectivity index (χ4v) is 3.71. The van der Waals surface area contributed by atoms with Crippen LogP contribution in [-0.2, 0) is 8.85 Å². The molecule has 0 aromatic carbocycles. The lowest BCUT2D eigenvalue weighted by Crippen LogP contribution is -2.42. The van der Waals surface area contributed by atoms with E-state index in [9.17, 15) is 0 Å². The van der Waals surface area contributed by atoms with Crippen molar-refractivity contribution in [2.45, 2.75) is 91.2 Å². The standard InChI is InChI=1S/C19H40O2Si2/c1-12-13-17(16-21-23(10,11)19(5,6)7)14-15-20-22(8,9)18(2,3)4/h17H,14-16H2,1-11H3/t17-/m1/s1. The molecule has 0 N–H and O–H groups in total. The van der Waals surface area contributed by atoms with E-state index in [0.29, 0.717) is 0 Å². The molecule has 2 nitrogen and oxygen atoms in total. The van der Waals surface area contributed by atoms with Crippen molar-refractivity contribution in [2.24, 2.45) is 5.92 Å². The van der Waals surface area contributed by atoms with Crippen LogP contribution < -0.4 is 0 Å². The van der Waals surface area contributed by atoms with Crippen molar-refractivity contribution in [2.75, 3.05) is 13.2 Å². The van der Waals surface area contributed by atoms with E-state index in [-0.39, 0.29) is 16.0 Å². The topological polar surface area (TPSA) is 18.5 Å². The Bertz CT molecular complexity index is 417. The van der Waals surface area contributed by atoms with Gasteiger partial charge in [-0.25, -0.2) is 0 Å². The van der Waals surface area contributed by atoms with Crippen LogP contribution in [0.15, 0.2) is 0 Å². The summed E-state index contributed by atoms with van der Waals surface area (Å²) in [5, 5.41) is 0.505. The average molecular weight is 357 g/mol. The highest BCUT2D eigenvalue weighted by molar-refractivity contribution is 6.74. The van der Waals surface area contributed by atoms with E-state index >= 15 is 0 Å². The second-order valence-corrected chi connectivity index (χ2v) is 19.2. The van der Waals surface area contributed by atoms with Gasteiger partial charge >= 0.3 is 0 Å². The van der Waals surface area contributed by atoms with Crippen LogP contribution in [0.4, 0.5) is 0 Å². The molecule has 0 saturated heterocycles. The van der Waals surface area contributed by atoms with Crippen LogP contribution in [0.25, 0.3) is 0 Å². The van der Waals surface area contributed by atoms with E-state index in [2.05, 4.69) is 79.6 Å². The SMILES string of the molecule is CC#C[C@H](CCO[Si](C)(C)C(C)(C)C)CO[Si](C)(C)C(C)(C)C. The third-order valence-electron chi connectivity index (χ3n) is 5.54. The van der Waals surface area contributed by atoms with Gasteiger partial charge in [-0.2, -0.15) is 0 Å². The minimum atomic E-state index is -1.70. The largest absolute Gasteiger partial charge is 0.417 e. The van der Waals surface area contributed by atoms with Gasteiger partial charge in [-0.1, -0.05) is 47.5 Å². The molecule has 0 fully saturated rings. The van der Waals surface area contributed by atoms with Gasteiger partial charge in [0.25, 0.3) is 0 Å². The van der Waals surface area contributed by atoms with Gasteiger partial charge in [0, 0.05) is 19.1 Å². The second-order valence-electron chi connectivity index (χ2n) is 9.56. The zero-order valence-electron chi connectivity index (χ0n) is 17.5. The summed E-state index contributed by atoms with van der Waals surface area (Å²) in [4.78, 5) is 0. The maximum absolute atomic E-state index is 6.35. The molecular weight excluding hydrogens is 316 g/mol. The molecule has 0 rings (SSSR count). The minimum Gasteiger partial charge on any atom is -0.417 e. The predicted molar refractivity (Wildman–Crippen MR) is 108 cm³/mol. The Hall–Kier alpha value is -0.0862. The number of rotatable bonds is 7. The average Bonchev–Trinajstić information content (AvgIpc) is 2.33. The molecule has 0 radical (unpaired) electrons. The Balaban J connectivity index is 4.58. The van der Waals surface area contributed by atoms with Crippen molar-refractivity contribution in [3.05, 3.63) is 0 Å². The molecule has 0 aromatic heterocycles. The molecule has 0 unspecified atom stereocenters. The Morgan fingerprint density at radius 2 is 1.26 bits per heavy atom. The highest BCUT2D eigenvalue weighted by Gasteiger charge is 2.38. The molecule has 23 heavy (non-hydrogen) atoms. The summed E-state index contributed by atoms with van der Waals surface area (Å²) in [6.45, 7) is 26.3. The van der Waals surface area contributed by atoms with E-state index in [0.717, 1.165) is 19.6 Å². The summed E-state index contributed by atoms with van der Waals surface area (Å²) in [6.07, 6.45) is 0.960. The molecule has 0 bridgehead atoms. The maximum Gasteiger partial charge on any atom is 0.192 e. The molecule has 4 heteroatoms. The van der Waals surface area contributed by atoms with E-state index in [1.54, 1.807) is 0 Å². The Morgan fingerprint density at radius 3 is 1.65 bits per heavy atom. The van der Waals surface area contributed by atoms with Crippen molar-refractivity contribution >= 4 is 16.6 Å². The number of hydrogen-bond acceptors (Lipinski definition) is 2. The fraction of sp³-hybridized carbons (Fsp3) is 0.895. The molecule has 136 valence electrons. The molecule has 0 aromatic rings. The quantitative estimate of drug-likeness (QED) is 0.408. The molecule has 0 aliphatic carbocycles. The zero-order valence-corrected chi connectivity index (χ0v) is 19.5. The molecule has 0 heterocycles. The Morgan fingerprint density at radius 1 is 0.826 bits per heavy atom. The molecule has 0 aliphatic rings. The third-order valence-corrected chi connectivity index (χ3v) is 14.6. The van der Waals surface area contributed by atoms with Crippen molar-refractivity contribution in [3.8, 4) is 11.8 Å². The van der Waals surface area contributed by atoms with Crippen molar-refractivity contribution in [1.29, 1.82) is 0 Å². The van der Waals surface area contributed by atoms with Gasteiger partial charge < -0.3 is 8.85 Å². The smallest absolute Gasteiger partial charge is 0.192 e. The molecule has 1 atom stereocenters. The fourth-order valence-electron chi connectivity index (χ4n) is 1.60. The van der Waals surface area contributed by atoms with Gasteiger partial charge in [0.05, 0.1) is 0 Å². The number of hydrogen-bond donors (Lipinski definition) is 0. The van der Waals surface area contributed by atoms with Gasteiger partial charge in [-0.15, -0.1) is 5.92 Å². The molecule has 0 aliphatic heterocycles. The summed E-state index contributed by atoms with van der Waals surface area (Å²) >= 11 is 0. The van der Waals surface area contributed by atoms with Gasteiger partial charge in [0.2, 0.25) is 0 Å². The van der Waals surface area contributed by atoms with Crippen LogP contribution in [0, 0.1) is 17.8 Å². The first-order valence-electron chi connectivity index (χ1n) is 8.84. The summed E-state index contributed by atoms with van der Waals surface area (Å²) in [5.74, 6) is 6.65.